The first kappa shape index (κ1) is 22.5. The fourth-order valence-corrected chi connectivity index (χ4v) is 5.25. The Hall–Kier alpha value is -1.19. The van der Waals surface area contributed by atoms with Gasteiger partial charge in [-0.15, -0.1) is 0 Å². The Balaban J connectivity index is 1.41. The molecule has 0 bridgehead atoms. The summed E-state index contributed by atoms with van der Waals surface area (Å²) in [4.78, 5) is 0. The molecule has 0 heterocycles. The molecule has 1 aromatic carbocycles. The SMILES string of the molecule is COc1ccc(CCC2CCC(F)(CCC3CCC(C)(F)CC3)CC2)c(C)c1F. The van der Waals surface area contributed by atoms with Gasteiger partial charge in [0.05, 0.1) is 7.11 Å². The van der Waals surface area contributed by atoms with Crippen LogP contribution in [0.3, 0.4) is 0 Å². The van der Waals surface area contributed by atoms with Crippen LogP contribution in [-0.4, -0.2) is 18.4 Å². The van der Waals surface area contributed by atoms with Crippen LogP contribution in [0.4, 0.5) is 13.2 Å². The standard InChI is InChI=1S/C25H37F3O/c1-18-21(6-7-22(29-3)23(18)26)5-4-19-10-15-25(28,16-11-19)17-12-20-8-13-24(2,27)14-9-20/h6-7,19-20H,4-5,8-17H2,1-3H3. The predicted octanol–water partition coefficient (Wildman–Crippen LogP) is 7.67. The molecule has 0 radical (unpaired) electrons. The van der Waals surface area contributed by atoms with Crippen molar-refractivity contribution in [1.82, 2.24) is 0 Å². The van der Waals surface area contributed by atoms with Crippen LogP contribution >= 0.6 is 0 Å². The summed E-state index contributed by atoms with van der Waals surface area (Å²) in [6.07, 6.45) is 9.55. The van der Waals surface area contributed by atoms with Crippen molar-refractivity contribution >= 4 is 0 Å². The summed E-state index contributed by atoms with van der Waals surface area (Å²) in [6, 6.07) is 3.65. The lowest BCUT2D eigenvalue weighted by Gasteiger charge is -2.36. The van der Waals surface area contributed by atoms with E-state index >= 15 is 4.39 Å². The van der Waals surface area contributed by atoms with Gasteiger partial charge in [0.1, 0.15) is 11.3 Å². The molecule has 3 rings (SSSR count). The van der Waals surface area contributed by atoms with Gasteiger partial charge in [-0.25, -0.2) is 13.2 Å². The fraction of sp³-hybridized carbons (Fsp3) is 0.760. The third-order valence-corrected chi connectivity index (χ3v) is 7.65. The van der Waals surface area contributed by atoms with Crippen LogP contribution in [0.2, 0.25) is 0 Å². The molecule has 29 heavy (non-hydrogen) atoms. The Labute approximate surface area is 174 Å². The van der Waals surface area contributed by atoms with Crippen LogP contribution in [0.25, 0.3) is 0 Å². The molecule has 164 valence electrons. The van der Waals surface area contributed by atoms with Gasteiger partial charge in [0.2, 0.25) is 0 Å². The van der Waals surface area contributed by atoms with Crippen molar-refractivity contribution in [3.63, 3.8) is 0 Å². The van der Waals surface area contributed by atoms with Crippen LogP contribution < -0.4 is 4.74 Å². The maximum atomic E-state index is 15.3. The van der Waals surface area contributed by atoms with Crippen molar-refractivity contribution < 1.29 is 17.9 Å². The summed E-state index contributed by atoms with van der Waals surface area (Å²) in [5.74, 6) is 1.04. The number of halogens is 3. The second-order valence-electron chi connectivity index (χ2n) is 9.89. The van der Waals surface area contributed by atoms with Crippen LogP contribution in [0, 0.1) is 24.6 Å². The zero-order chi connectivity index (χ0) is 21.1. The first-order valence-electron chi connectivity index (χ1n) is 11.4. The van der Waals surface area contributed by atoms with E-state index in [1.165, 1.54) is 7.11 Å². The predicted molar refractivity (Wildman–Crippen MR) is 113 cm³/mol. The summed E-state index contributed by atoms with van der Waals surface area (Å²) in [6.45, 7) is 3.50. The van der Waals surface area contributed by atoms with Gasteiger partial charge in [0, 0.05) is 0 Å². The highest BCUT2D eigenvalue weighted by atomic mass is 19.1. The van der Waals surface area contributed by atoms with E-state index < -0.39 is 11.3 Å². The number of rotatable bonds is 7. The van der Waals surface area contributed by atoms with Crippen LogP contribution in [0.15, 0.2) is 12.1 Å². The number of alkyl halides is 2. The molecular formula is C25H37F3O. The minimum atomic E-state index is -1.03. The summed E-state index contributed by atoms with van der Waals surface area (Å²) in [7, 11) is 1.48. The molecule has 1 aromatic rings. The normalized spacial score (nSPS) is 32.9. The maximum absolute atomic E-state index is 15.3. The Bertz CT molecular complexity index is 667. The first-order valence-corrected chi connectivity index (χ1v) is 11.4. The van der Waals surface area contributed by atoms with Crippen molar-refractivity contribution in [3.05, 3.63) is 29.1 Å². The van der Waals surface area contributed by atoms with E-state index in [1.54, 1.807) is 19.9 Å². The number of benzene rings is 1. The van der Waals surface area contributed by atoms with E-state index in [4.69, 9.17) is 4.74 Å². The average Bonchev–Trinajstić information content (AvgIpc) is 2.70. The Morgan fingerprint density at radius 1 is 0.966 bits per heavy atom. The molecule has 0 saturated heterocycles. The van der Waals surface area contributed by atoms with Crippen molar-refractivity contribution in [1.29, 1.82) is 0 Å². The Morgan fingerprint density at radius 3 is 2.17 bits per heavy atom. The molecule has 0 aromatic heterocycles. The number of aryl methyl sites for hydroxylation is 1. The van der Waals surface area contributed by atoms with Gasteiger partial charge in [0.25, 0.3) is 0 Å². The molecule has 2 aliphatic rings. The minimum absolute atomic E-state index is 0.271. The van der Waals surface area contributed by atoms with Crippen LogP contribution in [-0.2, 0) is 6.42 Å². The summed E-state index contributed by atoms with van der Waals surface area (Å²) in [5, 5.41) is 0. The van der Waals surface area contributed by atoms with E-state index in [2.05, 4.69) is 0 Å². The topological polar surface area (TPSA) is 9.23 Å². The molecule has 2 fully saturated rings. The summed E-state index contributed by atoms with van der Waals surface area (Å²) < 4.78 is 48.5. The summed E-state index contributed by atoms with van der Waals surface area (Å²) >= 11 is 0. The first-order chi connectivity index (χ1) is 13.7. The van der Waals surface area contributed by atoms with Crippen molar-refractivity contribution in [2.45, 2.75) is 102 Å². The molecule has 0 spiro atoms. The van der Waals surface area contributed by atoms with Gasteiger partial charge < -0.3 is 4.74 Å². The lowest BCUT2D eigenvalue weighted by molar-refractivity contribution is 0.0529. The summed E-state index contributed by atoms with van der Waals surface area (Å²) in [5.41, 5.74) is -0.350. The number of methoxy groups -OCH3 is 1. The van der Waals surface area contributed by atoms with Gasteiger partial charge in [0.15, 0.2) is 11.6 Å². The minimum Gasteiger partial charge on any atom is -0.494 e. The second-order valence-corrected chi connectivity index (χ2v) is 9.89. The zero-order valence-electron chi connectivity index (χ0n) is 18.3. The lowest BCUT2D eigenvalue weighted by atomic mass is 9.73. The zero-order valence-corrected chi connectivity index (χ0v) is 18.3. The average molecular weight is 411 g/mol. The molecule has 0 amide bonds. The van der Waals surface area contributed by atoms with E-state index in [0.29, 0.717) is 55.3 Å². The van der Waals surface area contributed by atoms with E-state index in [1.807, 2.05) is 6.07 Å². The van der Waals surface area contributed by atoms with E-state index in [0.717, 1.165) is 50.5 Å². The smallest absolute Gasteiger partial charge is 0.168 e. The van der Waals surface area contributed by atoms with Gasteiger partial charge in [-0.1, -0.05) is 6.07 Å². The van der Waals surface area contributed by atoms with Crippen molar-refractivity contribution in [2.75, 3.05) is 7.11 Å². The Kier molecular flexibility index (Phi) is 7.22. The molecule has 4 heteroatoms. The molecule has 1 nitrogen and oxygen atoms in total. The van der Waals surface area contributed by atoms with Crippen molar-refractivity contribution in [3.8, 4) is 5.75 Å². The maximum Gasteiger partial charge on any atom is 0.168 e. The highest BCUT2D eigenvalue weighted by molar-refractivity contribution is 5.36. The molecule has 0 aliphatic heterocycles. The van der Waals surface area contributed by atoms with Crippen molar-refractivity contribution in [2.24, 2.45) is 11.8 Å². The van der Waals surface area contributed by atoms with Gasteiger partial charge in [-0.2, -0.15) is 0 Å². The van der Waals surface area contributed by atoms with Gasteiger partial charge in [-0.3, -0.25) is 0 Å². The Morgan fingerprint density at radius 2 is 1.55 bits per heavy atom. The van der Waals surface area contributed by atoms with E-state index in [9.17, 15) is 8.78 Å². The molecule has 0 unspecified atom stereocenters. The van der Waals surface area contributed by atoms with Gasteiger partial charge >= 0.3 is 0 Å². The van der Waals surface area contributed by atoms with E-state index in [-0.39, 0.29) is 5.82 Å². The van der Waals surface area contributed by atoms with Gasteiger partial charge in [-0.05, 0) is 120 Å². The third kappa shape index (κ3) is 5.92. The molecule has 0 atom stereocenters. The number of ether oxygens (including phenoxy) is 1. The molecule has 2 saturated carbocycles. The molecule has 2 aliphatic carbocycles. The van der Waals surface area contributed by atoms with Crippen LogP contribution in [0.1, 0.15) is 88.7 Å². The lowest BCUT2D eigenvalue weighted by Crippen LogP contribution is -2.32. The molecular weight excluding hydrogens is 373 g/mol. The number of hydrogen-bond acceptors (Lipinski definition) is 1. The monoisotopic (exact) mass is 410 g/mol. The highest BCUT2D eigenvalue weighted by Gasteiger charge is 2.37. The quantitative estimate of drug-likeness (QED) is 0.448. The largest absolute Gasteiger partial charge is 0.494 e. The highest BCUT2D eigenvalue weighted by Crippen LogP contribution is 2.43. The number of hydrogen-bond donors (Lipinski definition) is 0. The third-order valence-electron chi connectivity index (χ3n) is 7.65. The molecule has 0 N–H and O–H groups in total. The van der Waals surface area contributed by atoms with Crippen LogP contribution in [0.5, 0.6) is 5.75 Å². The second kappa shape index (κ2) is 9.31. The fourth-order valence-electron chi connectivity index (χ4n) is 5.25.